The molecule has 1 rings (SSSR count). The Kier molecular flexibility index (Phi) is 3.97. The summed E-state index contributed by atoms with van der Waals surface area (Å²) in [5, 5.41) is 4.16. The predicted octanol–water partition coefficient (Wildman–Crippen LogP) is 2.89. The van der Waals surface area contributed by atoms with Gasteiger partial charge >= 0.3 is 0 Å². The second kappa shape index (κ2) is 4.80. The van der Waals surface area contributed by atoms with Crippen molar-refractivity contribution in [2.24, 2.45) is 0 Å². The van der Waals surface area contributed by atoms with Crippen LogP contribution in [0.4, 0.5) is 0 Å². The van der Waals surface area contributed by atoms with E-state index in [4.69, 9.17) is 23.2 Å². The van der Waals surface area contributed by atoms with E-state index in [-0.39, 0.29) is 0 Å². The first-order valence-electron chi connectivity index (χ1n) is 4.14. The quantitative estimate of drug-likeness (QED) is 0.790. The first kappa shape index (κ1) is 10.8. The smallest absolute Gasteiger partial charge is 0.135 e. The van der Waals surface area contributed by atoms with E-state index in [9.17, 15) is 0 Å². The van der Waals surface area contributed by atoms with Crippen molar-refractivity contribution in [3.63, 3.8) is 0 Å². The molecule has 0 spiro atoms. The largest absolute Gasteiger partial charge is 0.310 e. The molecule has 0 unspecified atom stereocenters. The van der Waals surface area contributed by atoms with Crippen LogP contribution in [0.1, 0.15) is 19.4 Å². The molecule has 0 saturated carbocycles. The fourth-order valence-corrected chi connectivity index (χ4v) is 1.30. The molecule has 1 heterocycles. The lowest BCUT2D eigenvalue weighted by atomic mass is 10.2. The van der Waals surface area contributed by atoms with E-state index in [0.29, 0.717) is 16.3 Å². The minimum atomic E-state index is 0.429. The number of rotatable bonds is 3. The molecule has 0 atom stereocenters. The Morgan fingerprint density at radius 2 is 2.08 bits per heavy atom. The van der Waals surface area contributed by atoms with E-state index in [1.54, 1.807) is 6.07 Å². The third-order valence-electron chi connectivity index (χ3n) is 1.59. The second-order valence-corrected chi connectivity index (χ2v) is 3.86. The Hall–Kier alpha value is -0.310. The molecule has 0 fully saturated rings. The van der Waals surface area contributed by atoms with Crippen LogP contribution in [0.15, 0.2) is 12.1 Å². The van der Waals surface area contributed by atoms with Gasteiger partial charge in [0.1, 0.15) is 10.3 Å². The van der Waals surface area contributed by atoms with Crippen LogP contribution in [0.25, 0.3) is 0 Å². The summed E-state index contributed by atoms with van der Waals surface area (Å²) in [6.45, 7) is 4.88. The van der Waals surface area contributed by atoms with Crippen LogP contribution in [0, 0.1) is 0 Å². The minimum Gasteiger partial charge on any atom is -0.310 e. The lowest BCUT2D eigenvalue weighted by Crippen LogP contribution is -2.22. The summed E-state index contributed by atoms with van der Waals surface area (Å²) in [7, 11) is 0. The molecule has 4 heteroatoms. The highest BCUT2D eigenvalue weighted by molar-refractivity contribution is 6.32. The van der Waals surface area contributed by atoms with Gasteiger partial charge in [0.25, 0.3) is 0 Å². The monoisotopic (exact) mass is 218 g/mol. The summed E-state index contributed by atoms with van der Waals surface area (Å²) >= 11 is 11.5. The van der Waals surface area contributed by atoms with E-state index in [0.717, 1.165) is 12.1 Å². The minimum absolute atomic E-state index is 0.429. The summed E-state index contributed by atoms with van der Waals surface area (Å²) in [5.41, 5.74) is 0.972. The molecular formula is C9H12Cl2N2. The fourth-order valence-electron chi connectivity index (χ4n) is 0.887. The summed E-state index contributed by atoms with van der Waals surface area (Å²) < 4.78 is 0. The van der Waals surface area contributed by atoms with Crippen LogP contribution < -0.4 is 5.32 Å². The Bertz CT molecular complexity index is 287. The van der Waals surface area contributed by atoms with Gasteiger partial charge in [0, 0.05) is 18.2 Å². The number of hydrogen-bond acceptors (Lipinski definition) is 2. The lowest BCUT2D eigenvalue weighted by Gasteiger charge is -2.08. The van der Waals surface area contributed by atoms with Crippen molar-refractivity contribution < 1.29 is 0 Å². The van der Waals surface area contributed by atoms with E-state index < -0.39 is 0 Å². The summed E-state index contributed by atoms with van der Waals surface area (Å²) in [6, 6.07) is 4.06. The molecule has 1 N–H and O–H groups in total. The van der Waals surface area contributed by atoms with Crippen molar-refractivity contribution in [1.29, 1.82) is 0 Å². The van der Waals surface area contributed by atoms with Crippen molar-refractivity contribution in [3.8, 4) is 0 Å². The van der Waals surface area contributed by atoms with Gasteiger partial charge in [-0.25, -0.2) is 4.98 Å². The van der Waals surface area contributed by atoms with Crippen LogP contribution in [-0.4, -0.2) is 11.0 Å². The lowest BCUT2D eigenvalue weighted by molar-refractivity contribution is 0.588. The molecule has 0 aliphatic rings. The van der Waals surface area contributed by atoms with Gasteiger partial charge in [-0.3, -0.25) is 0 Å². The summed E-state index contributed by atoms with van der Waals surface area (Å²) in [5.74, 6) is 0. The second-order valence-electron chi connectivity index (χ2n) is 3.12. The van der Waals surface area contributed by atoms with Crippen LogP contribution >= 0.6 is 23.2 Å². The van der Waals surface area contributed by atoms with E-state index in [1.807, 2.05) is 6.07 Å². The highest BCUT2D eigenvalue weighted by atomic mass is 35.5. The molecule has 0 saturated heterocycles. The van der Waals surface area contributed by atoms with Gasteiger partial charge in [-0.05, 0) is 6.07 Å². The molecule has 1 aromatic rings. The number of aromatic nitrogens is 1. The normalized spacial score (nSPS) is 10.8. The van der Waals surface area contributed by atoms with Gasteiger partial charge in [-0.15, -0.1) is 0 Å². The molecule has 72 valence electrons. The molecule has 0 amide bonds. The molecule has 0 aliphatic heterocycles. The average molecular weight is 219 g/mol. The van der Waals surface area contributed by atoms with Crippen molar-refractivity contribution in [1.82, 2.24) is 10.3 Å². The first-order valence-corrected chi connectivity index (χ1v) is 4.89. The maximum Gasteiger partial charge on any atom is 0.135 e. The zero-order valence-electron chi connectivity index (χ0n) is 7.64. The van der Waals surface area contributed by atoms with E-state index >= 15 is 0 Å². The van der Waals surface area contributed by atoms with E-state index in [1.165, 1.54) is 0 Å². The fraction of sp³-hybridized carbons (Fsp3) is 0.444. The van der Waals surface area contributed by atoms with Gasteiger partial charge in [0.05, 0.1) is 0 Å². The molecule has 0 radical (unpaired) electrons. The maximum absolute atomic E-state index is 5.88. The van der Waals surface area contributed by atoms with Crippen LogP contribution in [-0.2, 0) is 6.54 Å². The van der Waals surface area contributed by atoms with Gasteiger partial charge in [-0.2, -0.15) is 0 Å². The zero-order chi connectivity index (χ0) is 9.84. The number of hydrogen-bond donors (Lipinski definition) is 1. The average Bonchev–Trinajstić information content (AvgIpc) is 2.02. The molecule has 1 aromatic heterocycles. The number of nitrogens with zero attached hydrogens (tertiary/aromatic N) is 1. The van der Waals surface area contributed by atoms with Crippen molar-refractivity contribution in [3.05, 3.63) is 28.0 Å². The molecular weight excluding hydrogens is 207 g/mol. The third-order valence-corrected chi connectivity index (χ3v) is 2.13. The first-order chi connectivity index (χ1) is 6.09. The van der Waals surface area contributed by atoms with Crippen LogP contribution in [0.5, 0.6) is 0 Å². The Morgan fingerprint density at radius 1 is 1.38 bits per heavy atom. The van der Waals surface area contributed by atoms with Crippen molar-refractivity contribution in [2.75, 3.05) is 0 Å². The van der Waals surface area contributed by atoms with Crippen molar-refractivity contribution in [2.45, 2.75) is 26.4 Å². The predicted molar refractivity (Wildman–Crippen MR) is 56.2 cm³/mol. The van der Waals surface area contributed by atoms with Crippen LogP contribution in [0.2, 0.25) is 10.3 Å². The Balaban J connectivity index is 2.67. The Labute approximate surface area is 88.3 Å². The van der Waals surface area contributed by atoms with Gasteiger partial charge in [0.15, 0.2) is 0 Å². The van der Waals surface area contributed by atoms with Crippen LogP contribution in [0.3, 0.4) is 0 Å². The zero-order valence-corrected chi connectivity index (χ0v) is 9.15. The standard InChI is InChI=1S/C9H12Cl2N2/c1-6(2)12-5-7-3-4-8(10)13-9(7)11/h3-4,6,12H,5H2,1-2H3. The molecule has 0 aliphatic carbocycles. The molecule has 0 aromatic carbocycles. The Morgan fingerprint density at radius 3 is 2.62 bits per heavy atom. The number of nitrogens with one attached hydrogen (secondary N) is 1. The van der Waals surface area contributed by atoms with Gasteiger partial charge in [0.2, 0.25) is 0 Å². The highest BCUT2D eigenvalue weighted by Gasteiger charge is 2.02. The molecule has 0 bridgehead atoms. The van der Waals surface area contributed by atoms with Gasteiger partial charge in [-0.1, -0.05) is 43.1 Å². The number of pyridine rings is 1. The number of halogens is 2. The van der Waals surface area contributed by atoms with Gasteiger partial charge < -0.3 is 5.32 Å². The summed E-state index contributed by atoms with van der Waals surface area (Å²) in [6.07, 6.45) is 0. The summed E-state index contributed by atoms with van der Waals surface area (Å²) in [4.78, 5) is 3.94. The van der Waals surface area contributed by atoms with Crippen molar-refractivity contribution >= 4 is 23.2 Å². The maximum atomic E-state index is 5.88. The molecule has 2 nitrogen and oxygen atoms in total. The SMILES string of the molecule is CC(C)NCc1ccc(Cl)nc1Cl. The third kappa shape index (κ3) is 3.51. The highest BCUT2D eigenvalue weighted by Crippen LogP contribution is 2.16. The topological polar surface area (TPSA) is 24.9 Å². The molecule has 13 heavy (non-hydrogen) atoms. The van der Waals surface area contributed by atoms with E-state index in [2.05, 4.69) is 24.1 Å².